The zero-order valence-electron chi connectivity index (χ0n) is 10.7. The first-order valence-corrected chi connectivity index (χ1v) is 6.02. The summed E-state index contributed by atoms with van der Waals surface area (Å²) in [7, 11) is 0. The minimum Gasteiger partial charge on any atom is -0.459 e. The molecule has 2 atom stereocenters. The number of carbonyl (C=O) groups excluding carboxylic acids is 1. The van der Waals surface area contributed by atoms with Gasteiger partial charge in [-0.15, -0.1) is 0 Å². The van der Waals surface area contributed by atoms with E-state index in [-0.39, 0.29) is 12.0 Å². The monoisotopic (exact) mass is 225 g/mol. The Bertz CT molecular complexity index is 266. The number of hydrogen-bond donors (Lipinski definition) is 1. The Balaban J connectivity index is 2.36. The summed E-state index contributed by atoms with van der Waals surface area (Å²) in [6.07, 6.45) is 7.56. The topological polar surface area (TPSA) is 38.3 Å². The lowest BCUT2D eigenvalue weighted by Crippen LogP contribution is -2.44. The Morgan fingerprint density at radius 2 is 2.12 bits per heavy atom. The Morgan fingerprint density at radius 3 is 2.62 bits per heavy atom. The van der Waals surface area contributed by atoms with E-state index in [4.69, 9.17) is 4.74 Å². The van der Waals surface area contributed by atoms with Gasteiger partial charge in [-0.2, -0.15) is 0 Å². The molecular formula is C13H23NO2. The number of carbonyl (C=O) groups is 1. The SMILES string of the molecule is CC(NC1CC=CCC1)C(=O)OC(C)(C)C. The average Bonchev–Trinajstić information content (AvgIpc) is 2.16. The summed E-state index contributed by atoms with van der Waals surface area (Å²) in [5.74, 6) is -0.165. The fourth-order valence-electron chi connectivity index (χ4n) is 1.76. The van der Waals surface area contributed by atoms with Crippen molar-refractivity contribution in [1.82, 2.24) is 5.32 Å². The smallest absolute Gasteiger partial charge is 0.323 e. The van der Waals surface area contributed by atoms with Crippen molar-refractivity contribution < 1.29 is 9.53 Å². The summed E-state index contributed by atoms with van der Waals surface area (Å²) < 4.78 is 5.32. The van der Waals surface area contributed by atoms with Crippen molar-refractivity contribution in [2.45, 2.75) is 64.6 Å². The van der Waals surface area contributed by atoms with E-state index in [1.165, 1.54) is 0 Å². The number of hydrogen-bond acceptors (Lipinski definition) is 3. The van der Waals surface area contributed by atoms with Crippen LogP contribution in [-0.2, 0) is 9.53 Å². The maximum absolute atomic E-state index is 11.7. The molecule has 0 aromatic heterocycles. The number of allylic oxidation sites excluding steroid dienone is 1. The van der Waals surface area contributed by atoms with E-state index in [0.29, 0.717) is 6.04 Å². The van der Waals surface area contributed by atoms with Crippen LogP contribution in [0.4, 0.5) is 0 Å². The van der Waals surface area contributed by atoms with Crippen LogP contribution in [0.25, 0.3) is 0 Å². The molecule has 0 saturated heterocycles. The third kappa shape index (κ3) is 4.79. The van der Waals surface area contributed by atoms with Gasteiger partial charge < -0.3 is 10.1 Å². The van der Waals surface area contributed by atoms with Crippen molar-refractivity contribution in [3.63, 3.8) is 0 Å². The van der Waals surface area contributed by atoms with Crippen molar-refractivity contribution in [3.8, 4) is 0 Å². The van der Waals surface area contributed by atoms with Gasteiger partial charge in [-0.3, -0.25) is 4.79 Å². The second kappa shape index (κ2) is 5.48. The standard InChI is InChI=1S/C13H23NO2/c1-10(12(15)16-13(2,3)4)14-11-8-6-5-7-9-11/h5-6,10-11,14H,7-9H2,1-4H3. The van der Waals surface area contributed by atoms with Gasteiger partial charge in [-0.25, -0.2) is 0 Å². The van der Waals surface area contributed by atoms with Gasteiger partial charge in [0.1, 0.15) is 11.6 Å². The zero-order valence-corrected chi connectivity index (χ0v) is 10.7. The van der Waals surface area contributed by atoms with Crippen LogP contribution in [0.15, 0.2) is 12.2 Å². The summed E-state index contributed by atoms with van der Waals surface area (Å²) in [4.78, 5) is 11.7. The third-order valence-electron chi connectivity index (χ3n) is 2.52. The van der Waals surface area contributed by atoms with Crippen molar-refractivity contribution >= 4 is 5.97 Å². The normalized spacial score (nSPS) is 22.9. The Hall–Kier alpha value is -0.830. The molecule has 1 N–H and O–H groups in total. The first-order chi connectivity index (χ1) is 7.38. The highest BCUT2D eigenvalue weighted by molar-refractivity contribution is 5.75. The van der Waals surface area contributed by atoms with Crippen molar-refractivity contribution in [2.24, 2.45) is 0 Å². The summed E-state index contributed by atoms with van der Waals surface area (Å²) in [6.45, 7) is 7.54. The van der Waals surface area contributed by atoms with Gasteiger partial charge in [0.15, 0.2) is 0 Å². The van der Waals surface area contributed by atoms with Crippen LogP contribution in [0.2, 0.25) is 0 Å². The lowest BCUT2D eigenvalue weighted by molar-refractivity contribution is -0.157. The molecule has 0 heterocycles. The van der Waals surface area contributed by atoms with E-state index >= 15 is 0 Å². The Labute approximate surface area is 98.2 Å². The van der Waals surface area contributed by atoms with Gasteiger partial charge in [-0.05, 0) is 47.0 Å². The van der Waals surface area contributed by atoms with Crippen LogP contribution in [-0.4, -0.2) is 23.7 Å². The Morgan fingerprint density at radius 1 is 1.44 bits per heavy atom. The molecule has 3 heteroatoms. The van der Waals surface area contributed by atoms with E-state index in [0.717, 1.165) is 19.3 Å². The van der Waals surface area contributed by atoms with Crippen LogP contribution in [0.5, 0.6) is 0 Å². The molecule has 1 rings (SSSR count). The molecule has 0 amide bonds. The molecule has 92 valence electrons. The molecule has 2 unspecified atom stereocenters. The number of rotatable bonds is 3. The van der Waals surface area contributed by atoms with Crippen LogP contribution in [0.3, 0.4) is 0 Å². The lowest BCUT2D eigenvalue weighted by atomic mass is 10.0. The van der Waals surface area contributed by atoms with Crippen LogP contribution in [0, 0.1) is 0 Å². The quantitative estimate of drug-likeness (QED) is 0.592. The molecule has 0 spiro atoms. The van der Waals surface area contributed by atoms with Gasteiger partial charge in [0.25, 0.3) is 0 Å². The zero-order chi connectivity index (χ0) is 12.2. The van der Waals surface area contributed by atoms with Gasteiger partial charge in [0.2, 0.25) is 0 Å². The summed E-state index contributed by atoms with van der Waals surface area (Å²) in [6, 6.07) is 0.184. The largest absolute Gasteiger partial charge is 0.459 e. The second-order valence-corrected chi connectivity index (χ2v) is 5.40. The van der Waals surface area contributed by atoms with Gasteiger partial charge in [0, 0.05) is 6.04 Å². The van der Waals surface area contributed by atoms with Gasteiger partial charge in [-0.1, -0.05) is 12.2 Å². The molecule has 3 nitrogen and oxygen atoms in total. The van der Waals surface area contributed by atoms with E-state index in [1.807, 2.05) is 27.7 Å². The second-order valence-electron chi connectivity index (χ2n) is 5.40. The maximum Gasteiger partial charge on any atom is 0.323 e. The molecular weight excluding hydrogens is 202 g/mol. The molecule has 1 aliphatic carbocycles. The lowest BCUT2D eigenvalue weighted by Gasteiger charge is -2.26. The molecule has 0 fully saturated rings. The predicted molar refractivity (Wildman–Crippen MR) is 65.2 cm³/mol. The summed E-state index contributed by atoms with van der Waals surface area (Å²) in [5.41, 5.74) is -0.403. The molecule has 0 aliphatic heterocycles. The summed E-state index contributed by atoms with van der Waals surface area (Å²) in [5, 5.41) is 3.32. The summed E-state index contributed by atoms with van der Waals surface area (Å²) >= 11 is 0. The highest BCUT2D eigenvalue weighted by Crippen LogP contribution is 2.13. The van der Waals surface area contributed by atoms with Crippen molar-refractivity contribution in [1.29, 1.82) is 0 Å². The first kappa shape index (κ1) is 13.2. The third-order valence-corrected chi connectivity index (χ3v) is 2.52. The average molecular weight is 225 g/mol. The molecule has 1 aliphatic rings. The number of nitrogens with one attached hydrogen (secondary N) is 1. The van der Waals surface area contributed by atoms with E-state index in [9.17, 15) is 4.79 Å². The van der Waals surface area contributed by atoms with E-state index < -0.39 is 5.60 Å². The molecule has 16 heavy (non-hydrogen) atoms. The van der Waals surface area contributed by atoms with Crippen molar-refractivity contribution in [2.75, 3.05) is 0 Å². The molecule has 0 radical (unpaired) electrons. The van der Waals surface area contributed by atoms with Gasteiger partial charge >= 0.3 is 5.97 Å². The Kier molecular flexibility index (Phi) is 4.54. The van der Waals surface area contributed by atoms with Crippen molar-refractivity contribution in [3.05, 3.63) is 12.2 Å². The van der Waals surface area contributed by atoms with Gasteiger partial charge in [0.05, 0.1) is 0 Å². The molecule has 0 aromatic rings. The maximum atomic E-state index is 11.7. The van der Waals surface area contributed by atoms with E-state index in [2.05, 4.69) is 17.5 Å². The minimum absolute atomic E-state index is 0.165. The molecule has 0 aromatic carbocycles. The minimum atomic E-state index is -0.403. The first-order valence-electron chi connectivity index (χ1n) is 6.02. The van der Waals surface area contributed by atoms with Crippen LogP contribution < -0.4 is 5.32 Å². The fourth-order valence-corrected chi connectivity index (χ4v) is 1.76. The molecule has 0 bridgehead atoms. The fraction of sp³-hybridized carbons (Fsp3) is 0.769. The number of esters is 1. The van der Waals surface area contributed by atoms with E-state index in [1.54, 1.807) is 0 Å². The predicted octanol–water partition coefficient (Wildman–Crippen LogP) is 2.41. The molecule has 0 saturated carbocycles. The highest BCUT2D eigenvalue weighted by Gasteiger charge is 2.23. The highest BCUT2D eigenvalue weighted by atomic mass is 16.6. The number of ether oxygens (including phenoxy) is 1. The van der Waals surface area contributed by atoms with Crippen LogP contribution >= 0.6 is 0 Å². The van der Waals surface area contributed by atoms with Crippen LogP contribution in [0.1, 0.15) is 47.0 Å².